The van der Waals surface area contributed by atoms with E-state index in [2.05, 4.69) is 0 Å². The van der Waals surface area contributed by atoms with Crippen LogP contribution in [0.2, 0.25) is 0 Å². The summed E-state index contributed by atoms with van der Waals surface area (Å²) < 4.78 is 61.8. The molecule has 0 radical (unpaired) electrons. The molecule has 0 saturated carbocycles. The number of nitrogens with two attached hydrogens (primary N) is 1. The van der Waals surface area contributed by atoms with Crippen LogP contribution in [0.5, 0.6) is 0 Å². The number of benzene rings is 1. The van der Waals surface area contributed by atoms with E-state index in [4.69, 9.17) is 5.73 Å². The number of para-hydroxylation sites is 1. The van der Waals surface area contributed by atoms with E-state index >= 15 is 0 Å². The molecule has 0 aromatic heterocycles. The molecule has 0 bridgehead atoms. The molecular weight excluding hydrogens is 325 g/mol. The maximum Gasteiger partial charge on any atom is 0.390 e. The van der Waals surface area contributed by atoms with Crippen molar-refractivity contribution in [1.82, 2.24) is 4.72 Å². The molecule has 9 heteroatoms. The lowest BCUT2D eigenvalue weighted by atomic mass is 10.2. The number of hydrogen-bond donors (Lipinski definition) is 2. The van der Waals surface area contributed by atoms with Gasteiger partial charge in [-0.25, -0.2) is 13.1 Å². The summed E-state index contributed by atoms with van der Waals surface area (Å²) >= 11 is 1.25. The third-order valence-electron chi connectivity index (χ3n) is 2.45. The van der Waals surface area contributed by atoms with Crippen molar-refractivity contribution in [3.05, 3.63) is 24.3 Å². The normalized spacial score (nSPS) is 14.1. The second-order valence-electron chi connectivity index (χ2n) is 4.54. The van der Waals surface area contributed by atoms with Gasteiger partial charge < -0.3 is 5.73 Å². The summed E-state index contributed by atoms with van der Waals surface area (Å²) in [5.74, 6) is -0.0590. The molecule has 0 spiro atoms. The van der Waals surface area contributed by atoms with Crippen LogP contribution >= 0.6 is 11.8 Å². The highest BCUT2D eigenvalue weighted by molar-refractivity contribution is 8.00. The van der Waals surface area contributed by atoms with Gasteiger partial charge in [-0.1, -0.05) is 12.1 Å². The third-order valence-corrected chi connectivity index (χ3v) is 5.30. The van der Waals surface area contributed by atoms with E-state index in [9.17, 15) is 21.6 Å². The van der Waals surface area contributed by atoms with Crippen LogP contribution < -0.4 is 10.5 Å². The lowest BCUT2D eigenvalue weighted by molar-refractivity contribution is -0.137. The number of rotatable bonds is 7. The van der Waals surface area contributed by atoms with Gasteiger partial charge in [0, 0.05) is 22.4 Å². The highest BCUT2D eigenvalue weighted by Gasteiger charge is 2.31. The van der Waals surface area contributed by atoms with Gasteiger partial charge in [-0.3, -0.25) is 0 Å². The molecule has 0 aliphatic carbocycles. The molecule has 0 heterocycles. The third kappa shape index (κ3) is 7.58. The number of nitrogens with one attached hydrogen (secondary N) is 1. The minimum absolute atomic E-state index is 0.211. The Hall–Kier alpha value is -0.930. The van der Waals surface area contributed by atoms with E-state index in [1.54, 1.807) is 24.3 Å². The van der Waals surface area contributed by atoms with Gasteiger partial charge in [-0.2, -0.15) is 13.2 Å². The highest BCUT2D eigenvalue weighted by atomic mass is 32.2. The monoisotopic (exact) mass is 342 g/mol. The molecule has 1 unspecified atom stereocenters. The van der Waals surface area contributed by atoms with Crippen LogP contribution in [0.15, 0.2) is 29.2 Å². The predicted molar refractivity (Wildman–Crippen MR) is 78.6 cm³/mol. The lowest BCUT2D eigenvalue weighted by Crippen LogP contribution is -2.37. The largest absolute Gasteiger partial charge is 0.398 e. The Morgan fingerprint density at radius 1 is 1.33 bits per heavy atom. The van der Waals surface area contributed by atoms with E-state index in [1.165, 1.54) is 18.7 Å². The van der Waals surface area contributed by atoms with Crippen LogP contribution in [0.4, 0.5) is 18.9 Å². The number of nitrogen functional groups attached to an aromatic ring is 1. The van der Waals surface area contributed by atoms with E-state index in [0.717, 1.165) is 4.90 Å². The van der Waals surface area contributed by atoms with Crippen molar-refractivity contribution < 1.29 is 21.6 Å². The Morgan fingerprint density at radius 2 is 1.95 bits per heavy atom. The SMILES string of the molecule is CC(CC(F)(F)F)NS(=O)(=O)CCSc1ccccc1N. The summed E-state index contributed by atoms with van der Waals surface area (Å²) in [5, 5.41) is 0. The number of anilines is 1. The van der Waals surface area contributed by atoms with Crippen LogP contribution in [-0.2, 0) is 10.0 Å². The fourth-order valence-corrected chi connectivity index (χ4v) is 4.28. The zero-order valence-electron chi connectivity index (χ0n) is 11.4. The molecule has 1 atom stereocenters. The Balaban J connectivity index is 2.45. The minimum atomic E-state index is -4.39. The topological polar surface area (TPSA) is 72.2 Å². The fourth-order valence-electron chi connectivity index (χ4n) is 1.63. The Kier molecular flexibility index (Phi) is 6.36. The first-order chi connectivity index (χ1) is 9.59. The molecule has 1 aromatic carbocycles. The van der Waals surface area contributed by atoms with E-state index in [-0.39, 0.29) is 11.5 Å². The van der Waals surface area contributed by atoms with Crippen LogP contribution in [0.25, 0.3) is 0 Å². The van der Waals surface area contributed by atoms with Gasteiger partial charge in [-0.15, -0.1) is 11.8 Å². The van der Waals surface area contributed by atoms with Crippen molar-refractivity contribution >= 4 is 27.5 Å². The number of hydrogen-bond acceptors (Lipinski definition) is 4. The van der Waals surface area contributed by atoms with Crippen LogP contribution in [-0.4, -0.2) is 32.1 Å². The van der Waals surface area contributed by atoms with Crippen LogP contribution in [0, 0.1) is 0 Å². The van der Waals surface area contributed by atoms with Gasteiger partial charge in [-0.05, 0) is 19.1 Å². The molecule has 1 aromatic rings. The smallest absolute Gasteiger partial charge is 0.390 e. The van der Waals surface area contributed by atoms with Crippen LogP contribution in [0.3, 0.4) is 0 Å². The predicted octanol–water partition coefficient (Wildman–Crippen LogP) is 2.62. The zero-order valence-corrected chi connectivity index (χ0v) is 13.0. The van der Waals surface area contributed by atoms with Gasteiger partial charge >= 0.3 is 6.18 Å². The lowest BCUT2D eigenvalue weighted by Gasteiger charge is -2.15. The molecule has 0 amide bonds. The number of sulfonamides is 1. The highest BCUT2D eigenvalue weighted by Crippen LogP contribution is 2.24. The van der Waals surface area contributed by atoms with Crippen molar-refractivity contribution in [2.24, 2.45) is 0 Å². The maximum atomic E-state index is 12.1. The van der Waals surface area contributed by atoms with Crippen molar-refractivity contribution in [1.29, 1.82) is 0 Å². The number of thioether (sulfide) groups is 1. The molecule has 0 saturated heterocycles. The molecule has 0 fully saturated rings. The fraction of sp³-hybridized carbons (Fsp3) is 0.500. The zero-order chi connectivity index (χ0) is 16.1. The molecule has 3 N–H and O–H groups in total. The summed E-state index contributed by atoms with van der Waals surface area (Å²) in [6.07, 6.45) is -5.58. The summed E-state index contributed by atoms with van der Waals surface area (Å²) in [5.41, 5.74) is 6.25. The second-order valence-corrected chi connectivity index (χ2v) is 7.55. The van der Waals surface area contributed by atoms with Crippen molar-refractivity contribution in [3.8, 4) is 0 Å². The van der Waals surface area contributed by atoms with Gasteiger partial charge in [0.1, 0.15) is 0 Å². The summed E-state index contributed by atoms with van der Waals surface area (Å²) in [4.78, 5) is 0.746. The van der Waals surface area contributed by atoms with Gasteiger partial charge in [0.25, 0.3) is 0 Å². The molecular formula is C12H17F3N2O2S2. The van der Waals surface area contributed by atoms with Crippen molar-refractivity contribution in [2.75, 3.05) is 17.2 Å². The Bertz CT molecular complexity index is 562. The first kappa shape index (κ1) is 18.1. The van der Waals surface area contributed by atoms with E-state index in [1.807, 2.05) is 4.72 Å². The number of alkyl halides is 3. The molecule has 4 nitrogen and oxygen atoms in total. The summed E-state index contributed by atoms with van der Waals surface area (Å²) in [6.45, 7) is 1.19. The van der Waals surface area contributed by atoms with Crippen molar-refractivity contribution in [3.63, 3.8) is 0 Å². The average molecular weight is 342 g/mol. The first-order valence-electron chi connectivity index (χ1n) is 6.13. The Morgan fingerprint density at radius 3 is 2.52 bits per heavy atom. The minimum Gasteiger partial charge on any atom is -0.398 e. The first-order valence-corrected chi connectivity index (χ1v) is 8.77. The Labute approximate surface area is 126 Å². The summed E-state index contributed by atoms with van der Waals surface area (Å²) in [6, 6.07) is 5.81. The molecule has 120 valence electrons. The average Bonchev–Trinajstić information content (AvgIpc) is 2.27. The van der Waals surface area contributed by atoms with E-state index in [0.29, 0.717) is 5.69 Å². The molecule has 0 aliphatic rings. The molecule has 1 rings (SSSR count). The van der Waals surface area contributed by atoms with E-state index < -0.39 is 28.7 Å². The van der Waals surface area contributed by atoms with Gasteiger partial charge in [0.2, 0.25) is 10.0 Å². The quantitative estimate of drug-likeness (QED) is 0.590. The van der Waals surface area contributed by atoms with Crippen LogP contribution in [0.1, 0.15) is 13.3 Å². The summed E-state index contributed by atoms with van der Waals surface area (Å²) in [7, 11) is -3.75. The number of halogens is 3. The van der Waals surface area contributed by atoms with Crippen molar-refractivity contribution in [2.45, 2.75) is 30.5 Å². The maximum absolute atomic E-state index is 12.1. The van der Waals surface area contributed by atoms with Gasteiger partial charge in [0.15, 0.2) is 0 Å². The standard InChI is InChI=1S/C12H17F3N2O2S2/c1-9(8-12(13,14)15)17-21(18,19)7-6-20-11-5-3-2-4-10(11)16/h2-5,9,17H,6-8,16H2,1H3. The van der Waals surface area contributed by atoms with Gasteiger partial charge in [0.05, 0.1) is 12.2 Å². The molecule has 0 aliphatic heterocycles. The molecule has 21 heavy (non-hydrogen) atoms. The second kappa shape index (κ2) is 7.37.